The first kappa shape index (κ1) is 17.0. The monoisotopic (exact) mass is 313 g/mol. The summed E-state index contributed by atoms with van der Waals surface area (Å²) in [6.07, 6.45) is -0.200. The molecule has 0 unspecified atom stereocenters. The van der Waals surface area contributed by atoms with E-state index in [1.54, 1.807) is 12.1 Å². The van der Waals surface area contributed by atoms with Gasteiger partial charge in [-0.1, -0.05) is 42.5 Å². The molecule has 2 aromatic carbocycles. The number of carbonyl (C=O) groups is 1. The third-order valence-corrected chi connectivity index (χ3v) is 3.49. The first-order valence-corrected chi connectivity index (χ1v) is 7.70. The molecule has 0 radical (unpaired) electrons. The van der Waals surface area contributed by atoms with Crippen molar-refractivity contribution >= 4 is 11.6 Å². The minimum absolute atomic E-state index is 0.0276. The fourth-order valence-corrected chi connectivity index (χ4v) is 2.21. The number of hydrogen-bond acceptors (Lipinski definition) is 4. The molecule has 0 saturated carbocycles. The quantitative estimate of drug-likeness (QED) is 0.436. The van der Waals surface area contributed by atoms with Crippen LogP contribution < -0.4 is 16.4 Å². The van der Waals surface area contributed by atoms with Gasteiger partial charge in [0.15, 0.2) is 0 Å². The highest BCUT2D eigenvalue weighted by molar-refractivity contribution is 5.78. The maximum Gasteiger partial charge on any atom is 0.224 e. The van der Waals surface area contributed by atoms with Crippen molar-refractivity contribution in [1.82, 2.24) is 10.6 Å². The van der Waals surface area contributed by atoms with Crippen LogP contribution in [0.4, 0.5) is 5.69 Å². The Morgan fingerprint density at radius 3 is 2.43 bits per heavy atom. The summed E-state index contributed by atoms with van der Waals surface area (Å²) in [6.45, 7) is 1.59. The number of anilines is 1. The maximum atomic E-state index is 11.8. The minimum atomic E-state index is -0.540. The van der Waals surface area contributed by atoms with Crippen LogP contribution >= 0.6 is 0 Å². The van der Waals surface area contributed by atoms with E-state index < -0.39 is 6.10 Å². The van der Waals surface area contributed by atoms with E-state index in [2.05, 4.69) is 10.6 Å². The van der Waals surface area contributed by atoms with Crippen LogP contribution in [-0.2, 0) is 11.2 Å². The predicted octanol–water partition coefficient (Wildman–Crippen LogP) is 1.25. The van der Waals surface area contributed by atoms with E-state index in [0.717, 1.165) is 11.1 Å². The van der Waals surface area contributed by atoms with Gasteiger partial charge in [-0.15, -0.1) is 0 Å². The van der Waals surface area contributed by atoms with Gasteiger partial charge in [0, 0.05) is 25.3 Å². The molecule has 1 amide bonds. The number of hydrogen-bond donors (Lipinski definition) is 4. The molecule has 23 heavy (non-hydrogen) atoms. The van der Waals surface area contributed by atoms with Gasteiger partial charge in [0.2, 0.25) is 5.91 Å². The zero-order valence-electron chi connectivity index (χ0n) is 13.0. The Morgan fingerprint density at radius 1 is 1.04 bits per heavy atom. The molecule has 0 aromatic heterocycles. The van der Waals surface area contributed by atoms with Gasteiger partial charge in [-0.3, -0.25) is 4.79 Å². The molecule has 0 bridgehead atoms. The lowest BCUT2D eigenvalue weighted by molar-refractivity contribution is -0.120. The van der Waals surface area contributed by atoms with Gasteiger partial charge in [-0.2, -0.15) is 0 Å². The Hall–Kier alpha value is -2.37. The molecule has 0 heterocycles. The number of aliphatic hydroxyl groups is 1. The predicted molar refractivity (Wildman–Crippen MR) is 91.8 cm³/mol. The van der Waals surface area contributed by atoms with Gasteiger partial charge in [-0.05, 0) is 23.3 Å². The Balaban J connectivity index is 1.60. The summed E-state index contributed by atoms with van der Waals surface area (Å²) < 4.78 is 0. The molecule has 0 aliphatic heterocycles. The molecular formula is C18H23N3O2. The molecule has 1 atom stereocenters. The number of carbonyl (C=O) groups excluding carboxylic acids is 1. The molecule has 0 fully saturated rings. The van der Waals surface area contributed by atoms with Crippen LogP contribution in [0.1, 0.15) is 17.2 Å². The summed E-state index contributed by atoms with van der Waals surface area (Å²) in [5, 5.41) is 16.0. The van der Waals surface area contributed by atoms with Gasteiger partial charge in [0.05, 0.1) is 12.5 Å². The Kier molecular flexibility index (Phi) is 6.59. The molecule has 5 N–H and O–H groups in total. The van der Waals surface area contributed by atoms with Crippen molar-refractivity contribution in [2.75, 3.05) is 25.4 Å². The van der Waals surface area contributed by atoms with E-state index in [4.69, 9.17) is 5.73 Å². The smallest absolute Gasteiger partial charge is 0.224 e. The van der Waals surface area contributed by atoms with Gasteiger partial charge >= 0.3 is 0 Å². The van der Waals surface area contributed by atoms with Crippen molar-refractivity contribution in [3.63, 3.8) is 0 Å². The van der Waals surface area contributed by atoms with Crippen LogP contribution in [0.15, 0.2) is 54.6 Å². The first-order valence-electron chi connectivity index (χ1n) is 7.70. The van der Waals surface area contributed by atoms with Gasteiger partial charge in [0.1, 0.15) is 0 Å². The highest BCUT2D eigenvalue weighted by Gasteiger charge is 2.06. The summed E-state index contributed by atoms with van der Waals surface area (Å²) in [5.41, 5.74) is 8.11. The van der Waals surface area contributed by atoms with Gasteiger partial charge < -0.3 is 21.5 Å². The topological polar surface area (TPSA) is 87.4 Å². The van der Waals surface area contributed by atoms with E-state index in [0.29, 0.717) is 31.7 Å². The van der Waals surface area contributed by atoms with Crippen molar-refractivity contribution in [3.8, 4) is 0 Å². The number of benzene rings is 2. The molecular weight excluding hydrogens is 290 g/mol. The zero-order chi connectivity index (χ0) is 16.5. The number of rotatable bonds is 8. The average Bonchev–Trinajstić information content (AvgIpc) is 2.57. The maximum absolute atomic E-state index is 11.8. The molecule has 122 valence electrons. The van der Waals surface area contributed by atoms with Gasteiger partial charge in [-0.25, -0.2) is 0 Å². The number of amides is 1. The Bertz CT molecular complexity index is 599. The highest BCUT2D eigenvalue weighted by Crippen LogP contribution is 2.10. The molecule has 2 aromatic rings. The van der Waals surface area contributed by atoms with E-state index in [-0.39, 0.29) is 5.91 Å². The third-order valence-electron chi connectivity index (χ3n) is 3.49. The average molecular weight is 313 g/mol. The van der Waals surface area contributed by atoms with Crippen LogP contribution in [0.2, 0.25) is 0 Å². The first-order chi connectivity index (χ1) is 11.1. The highest BCUT2D eigenvalue weighted by atomic mass is 16.3. The SMILES string of the molecule is Nc1ccc(CC(=O)NCCNC[C@@H](O)c2ccccc2)cc1. The Labute approximate surface area is 136 Å². The fraction of sp³-hybridized carbons (Fsp3) is 0.278. The van der Waals surface area contributed by atoms with Crippen molar-refractivity contribution in [2.45, 2.75) is 12.5 Å². The molecule has 5 heteroatoms. The molecule has 5 nitrogen and oxygen atoms in total. The van der Waals surface area contributed by atoms with Crippen molar-refractivity contribution in [3.05, 3.63) is 65.7 Å². The van der Waals surface area contributed by atoms with Crippen LogP contribution in [0.25, 0.3) is 0 Å². The second-order valence-electron chi connectivity index (χ2n) is 5.40. The molecule has 2 rings (SSSR count). The van der Waals surface area contributed by atoms with Crippen molar-refractivity contribution < 1.29 is 9.90 Å². The molecule has 0 saturated heterocycles. The summed E-state index contributed by atoms with van der Waals surface area (Å²) in [4.78, 5) is 11.8. The number of nitrogens with two attached hydrogens (primary N) is 1. The summed E-state index contributed by atoms with van der Waals surface area (Å²) in [5.74, 6) is -0.0276. The lowest BCUT2D eigenvalue weighted by Crippen LogP contribution is -2.34. The molecule has 0 aliphatic carbocycles. The molecule has 0 spiro atoms. The van der Waals surface area contributed by atoms with Crippen molar-refractivity contribution in [2.24, 2.45) is 0 Å². The summed E-state index contributed by atoms with van der Waals surface area (Å²) in [7, 11) is 0. The Morgan fingerprint density at radius 2 is 1.74 bits per heavy atom. The second kappa shape index (κ2) is 8.92. The number of aliphatic hydroxyl groups excluding tert-OH is 1. The van der Waals surface area contributed by atoms with E-state index >= 15 is 0 Å². The fourth-order valence-electron chi connectivity index (χ4n) is 2.21. The largest absolute Gasteiger partial charge is 0.399 e. The zero-order valence-corrected chi connectivity index (χ0v) is 13.0. The lowest BCUT2D eigenvalue weighted by Gasteiger charge is -2.12. The second-order valence-corrected chi connectivity index (χ2v) is 5.40. The molecule has 0 aliphatic rings. The van der Waals surface area contributed by atoms with Crippen LogP contribution in [-0.4, -0.2) is 30.6 Å². The number of nitrogens with one attached hydrogen (secondary N) is 2. The van der Waals surface area contributed by atoms with E-state index in [1.165, 1.54) is 0 Å². The number of nitrogen functional groups attached to an aromatic ring is 1. The van der Waals surface area contributed by atoms with E-state index in [9.17, 15) is 9.90 Å². The van der Waals surface area contributed by atoms with Gasteiger partial charge in [0.25, 0.3) is 0 Å². The lowest BCUT2D eigenvalue weighted by atomic mass is 10.1. The van der Waals surface area contributed by atoms with E-state index in [1.807, 2.05) is 42.5 Å². The normalized spacial score (nSPS) is 11.9. The summed E-state index contributed by atoms with van der Waals surface area (Å²) >= 11 is 0. The summed E-state index contributed by atoms with van der Waals surface area (Å²) in [6, 6.07) is 16.8. The minimum Gasteiger partial charge on any atom is -0.399 e. The van der Waals surface area contributed by atoms with Crippen LogP contribution in [0.5, 0.6) is 0 Å². The standard InChI is InChI=1S/C18H23N3O2/c19-16-8-6-14(7-9-16)12-18(23)21-11-10-20-13-17(22)15-4-2-1-3-5-15/h1-9,17,20,22H,10-13,19H2,(H,21,23)/t17-/m1/s1. The third kappa shape index (κ3) is 6.10. The van der Waals surface area contributed by atoms with Crippen LogP contribution in [0, 0.1) is 0 Å². The van der Waals surface area contributed by atoms with Crippen molar-refractivity contribution in [1.29, 1.82) is 0 Å². The van der Waals surface area contributed by atoms with Crippen LogP contribution in [0.3, 0.4) is 0 Å².